The smallest absolute Gasteiger partial charge is 0.247 e. The number of nitrogens with zero attached hydrogens (tertiary/aromatic N) is 2. The van der Waals surface area contributed by atoms with Crippen LogP contribution >= 0.6 is 0 Å². The SMILES string of the molecule is CCC(C)N1C(=O)CC(NCc2c(C)noc2C)C1=O. The second kappa shape index (κ2) is 5.75. The van der Waals surface area contributed by atoms with Gasteiger partial charge in [-0.1, -0.05) is 12.1 Å². The average Bonchev–Trinajstić information content (AvgIpc) is 2.87. The number of aryl methyl sites for hydroxylation is 2. The molecule has 6 heteroatoms. The molecule has 1 fully saturated rings. The number of nitrogens with one attached hydrogen (secondary N) is 1. The first-order valence-electron chi connectivity index (χ1n) is 6.96. The number of carbonyl (C=O) groups is 2. The highest BCUT2D eigenvalue weighted by Gasteiger charge is 2.40. The third kappa shape index (κ3) is 2.60. The van der Waals surface area contributed by atoms with Gasteiger partial charge in [0.2, 0.25) is 11.8 Å². The van der Waals surface area contributed by atoms with Gasteiger partial charge in [-0.25, -0.2) is 0 Å². The van der Waals surface area contributed by atoms with Gasteiger partial charge in [-0.15, -0.1) is 0 Å². The Morgan fingerprint density at radius 1 is 1.45 bits per heavy atom. The van der Waals surface area contributed by atoms with Gasteiger partial charge in [0.05, 0.1) is 18.2 Å². The number of imide groups is 1. The molecule has 1 aromatic rings. The fourth-order valence-electron chi connectivity index (χ4n) is 2.44. The van der Waals surface area contributed by atoms with Crippen LogP contribution in [0.1, 0.15) is 43.7 Å². The van der Waals surface area contributed by atoms with Crippen LogP contribution in [-0.2, 0) is 16.1 Å². The van der Waals surface area contributed by atoms with Gasteiger partial charge in [-0.05, 0) is 27.2 Å². The molecule has 2 rings (SSSR count). The van der Waals surface area contributed by atoms with Crippen molar-refractivity contribution >= 4 is 11.8 Å². The molecular formula is C14H21N3O3. The molecule has 0 radical (unpaired) electrons. The molecule has 20 heavy (non-hydrogen) atoms. The Labute approximate surface area is 118 Å². The zero-order chi connectivity index (χ0) is 14.9. The van der Waals surface area contributed by atoms with Crippen molar-refractivity contribution in [3.05, 3.63) is 17.0 Å². The zero-order valence-electron chi connectivity index (χ0n) is 12.4. The lowest BCUT2D eigenvalue weighted by Crippen LogP contribution is -2.42. The molecule has 0 aromatic carbocycles. The van der Waals surface area contributed by atoms with E-state index in [2.05, 4.69) is 10.5 Å². The summed E-state index contributed by atoms with van der Waals surface area (Å²) in [7, 11) is 0. The van der Waals surface area contributed by atoms with E-state index in [1.165, 1.54) is 4.90 Å². The standard InChI is InChI=1S/C14H21N3O3/c1-5-8(2)17-13(18)6-12(14(17)19)15-7-11-9(3)16-20-10(11)4/h8,12,15H,5-7H2,1-4H3. The Hall–Kier alpha value is -1.69. The van der Waals surface area contributed by atoms with Gasteiger partial charge < -0.3 is 9.84 Å². The van der Waals surface area contributed by atoms with E-state index in [1.807, 2.05) is 27.7 Å². The molecular weight excluding hydrogens is 258 g/mol. The van der Waals surface area contributed by atoms with Crippen LogP contribution < -0.4 is 5.32 Å². The lowest BCUT2D eigenvalue weighted by molar-refractivity contribution is -0.141. The van der Waals surface area contributed by atoms with Gasteiger partial charge in [-0.2, -0.15) is 0 Å². The minimum Gasteiger partial charge on any atom is -0.361 e. The number of aromatic nitrogens is 1. The van der Waals surface area contributed by atoms with E-state index in [4.69, 9.17) is 4.52 Å². The topological polar surface area (TPSA) is 75.4 Å². The van der Waals surface area contributed by atoms with Gasteiger partial charge in [0.25, 0.3) is 0 Å². The second-order valence-electron chi connectivity index (χ2n) is 5.30. The Balaban J connectivity index is 2.02. The summed E-state index contributed by atoms with van der Waals surface area (Å²) in [6.45, 7) is 8.05. The molecule has 2 unspecified atom stereocenters. The van der Waals surface area contributed by atoms with Crippen molar-refractivity contribution in [2.75, 3.05) is 0 Å². The van der Waals surface area contributed by atoms with Crippen molar-refractivity contribution < 1.29 is 14.1 Å². The first kappa shape index (κ1) is 14.7. The minimum absolute atomic E-state index is 0.0409. The molecule has 1 aliphatic rings. The van der Waals surface area contributed by atoms with Gasteiger partial charge >= 0.3 is 0 Å². The summed E-state index contributed by atoms with van der Waals surface area (Å²) < 4.78 is 5.08. The molecule has 2 heterocycles. The van der Waals surface area contributed by atoms with Gasteiger partial charge in [0.1, 0.15) is 5.76 Å². The molecule has 0 aliphatic carbocycles. The van der Waals surface area contributed by atoms with Crippen LogP contribution in [0.25, 0.3) is 0 Å². The molecule has 6 nitrogen and oxygen atoms in total. The second-order valence-corrected chi connectivity index (χ2v) is 5.30. The number of hydrogen-bond donors (Lipinski definition) is 1. The van der Waals surface area contributed by atoms with E-state index >= 15 is 0 Å². The predicted molar refractivity (Wildman–Crippen MR) is 72.8 cm³/mol. The van der Waals surface area contributed by atoms with Crippen molar-refractivity contribution in [1.82, 2.24) is 15.4 Å². The van der Waals surface area contributed by atoms with E-state index in [0.717, 1.165) is 23.4 Å². The Morgan fingerprint density at radius 3 is 2.70 bits per heavy atom. The van der Waals surface area contributed by atoms with Crippen molar-refractivity contribution in [1.29, 1.82) is 0 Å². The van der Waals surface area contributed by atoms with Gasteiger partial charge in [-0.3, -0.25) is 14.5 Å². The highest BCUT2D eigenvalue weighted by atomic mass is 16.5. The average molecular weight is 279 g/mol. The summed E-state index contributed by atoms with van der Waals surface area (Å²) in [6, 6.07) is -0.480. The Bertz CT molecular complexity index is 504. The van der Waals surface area contributed by atoms with Crippen LogP contribution in [0.3, 0.4) is 0 Å². The van der Waals surface area contributed by atoms with Crippen LogP contribution in [0.2, 0.25) is 0 Å². The van der Waals surface area contributed by atoms with Crippen molar-refractivity contribution in [3.8, 4) is 0 Å². The minimum atomic E-state index is -0.440. The summed E-state index contributed by atoms with van der Waals surface area (Å²) in [5, 5.41) is 7.02. The first-order chi connectivity index (χ1) is 9.45. The van der Waals surface area contributed by atoms with Crippen LogP contribution in [0.5, 0.6) is 0 Å². The number of rotatable bonds is 5. The maximum Gasteiger partial charge on any atom is 0.247 e. The molecule has 1 aromatic heterocycles. The van der Waals surface area contributed by atoms with E-state index in [0.29, 0.717) is 6.54 Å². The first-order valence-corrected chi connectivity index (χ1v) is 6.96. The van der Waals surface area contributed by atoms with Crippen molar-refractivity contribution in [2.24, 2.45) is 0 Å². The number of amides is 2. The third-order valence-corrected chi connectivity index (χ3v) is 3.92. The fourth-order valence-corrected chi connectivity index (χ4v) is 2.44. The monoisotopic (exact) mass is 279 g/mol. The Morgan fingerprint density at radius 2 is 2.15 bits per heavy atom. The largest absolute Gasteiger partial charge is 0.361 e. The van der Waals surface area contributed by atoms with Crippen LogP contribution in [0.15, 0.2) is 4.52 Å². The molecule has 110 valence electrons. The molecule has 2 amide bonds. The highest BCUT2D eigenvalue weighted by molar-refractivity contribution is 6.05. The summed E-state index contributed by atoms with van der Waals surface area (Å²) in [5.41, 5.74) is 1.76. The maximum atomic E-state index is 12.2. The van der Waals surface area contributed by atoms with Crippen LogP contribution in [0.4, 0.5) is 0 Å². The van der Waals surface area contributed by atoms with Gasteiger partial charge in [0.15, 0.2) is 0 Å². The van der Waals surface area contributed by atoms with Gasteiger partial charge in [0, 0.05) is 18.2 Å². The molecule has 1 N–H and O–H groups in total. The van der Waals surface area contributed by atoms with E-state index in [-0.39, 0.29) is 24.3 Å². The van der Waals surface area contributed by atoms with Crippen molar-refractivity contribution in [2.45, 2.75) is 59.2 Å². The lowest BCUT2D eigenvalue weighted by atomic mass is 10.2. The Kier molecular flexibility index (Phi) is 4.23. The zero-order valence-corrected chi connectivity index (χ0v) is 12.4. The predicted octanol–water partition coefficient (Wildman–Crippen LogP) is 1.31. The van der Waals surface area contributed by atoms with E-state index in [9.17, 15) is 9.59 Å². The third-order valence-electron chi connectivity index (χ3n) is 3.92. The lowest BCUT2D eigenvalue weighted by Gasteiger charge is -2.21. The maximum absolute atomic E-state index is 12.2. The molecule has 2 atom stereocenters. The summed E-state index contributed by atoms with van der Waals surface area (Å²) in [5.74, 6) is 0.516. The summed E-state index contributed by atoms with van der Waals surface area (Å²) in [4.78, 5) is 25.6. The highest BCUT2D eigenvalue weighted by Crippen LogP contribution is 2.19. The molecule has 0 bridgehead atoms. The quantitative estimate of drug-likeness (QED) is 0.822. The molecule has 1 aliphatic heterocycles. The number of likely N-dealkylation sites (tertiary alicyclic amines) is 1. The van der Waals surface area contributed by atoms with E-state index < -0.39 is 6.04 Å². The fraction of sp³-hybridized carbons (Fsp3) is 0.643. The van der Waals surface area contributed by atoms with E-state index in [1.54, 1.807) is 0 Å². The van der Waals surface area contributed by atoms with Crippen LogP contribution in [0, 0.1) is 13.8 Å². The molecule has 0 spiro atoms. The van der Waals surface area contributed by atoms with Crippen LogP contribution in [-0.4, -0.2) is 34.0 Å². The molecule has 1 saturated heterocycles. The normalized spacial score (nSPS) is 20.8. The van der Waals surface area contributed by atoms with Crippen molar-refractivity contribution in [3.63, 3.8) is 0 Å². The molecule has 0 saturated carbocycles. The summed E-state index contributed by atoms with van der Waals surface area (Å²) >= 11 is 0. The number of carbonyl (C=O) groups excluding carboxylic acids is 2. The summed E-state index contributed by atoms with van der Waals surface area (Å²) in [6.07, 6.45) is 1.00. The number of hydrogen-bond acceptors (Lipinski definition) is 5.